The zero-order valence-electron chi connectivity index (χ0n) is 13.4. The fourth-order valence-corrected chi connectivity index (χ4v) is 2.90. The van der Waals surface area contributed by atoms with Crippen LogP contribution in [0.2, 0.25) is 0 Å². The molecule has 1 amide bonds. The SMILES string of the molecule is COc1cc2c(c(N)c1C(N)=O)n(Cc1ccccc1)c(=O)n2C. The molecule has 0 fully saturated rings. The number of aromatic nitrogens is 2. The number of hydrogen-bond donors (Lipinski definition) is 2. The molecule has 0 radical (unpaired) electrons. The second-order valence-electron chi connectivity index (χ2n) is 5.51. The molecule has 0 spiro atoms. The summed E-state index contributed by atoms with van der Waals surface area (Å²) in [4.78, 5) is 24.4. The molecule has 2 aromatic carbocycles. The van der Waals surface area contributed by atoms with Crippen molar-refractivity contribution in [1.82, 2.24) is 9.13 Å². The summed E-state index contributed by atoms with van der Waals surface area (Å²) in [6, 6.07) is 11.1. The van der Waals surface area contributed by atoms with Crippen molar-refractivity contribution < 1.29 is 9.53 Å². The first-order valence-electron chi connectivity index (χ1n) is 7.35. The zero-order chi connectivity index (χ0) is 17.4. The summed E-state index contributed by atoms with van der Waals surface area (Å²) >= 11 is 0. The highest BCUT2D eigenvalue weighted by Gasteiger charge is 2.22. The first-order chi connectivity index (χ1) is 11.5. The van der Waals surface area contributed by atoms with Crippen molar-refractivity contribution in [3.63, 3.8) is 0 Å². The maximum atomic E-state index is 12.6. The molecule has 0 unspecified atom stereocenters. The van der Waals surface area contributed by atoms with Crippen LogP contribution in [0.25, 0.3) is 11.0 Å². The number of imidazole rings is 1. The third kappa shape index (κ3) is 2.30. The molecule has 0 saturated heterocycles. The highest BCUT2D eigenvalue weighted by molar-refractivity contribution is 6.08. The number of rotatable bonds is 4. The van der Waals surface area contributed by atoms with Crippen LogP contribution in [0.5, 0.6) is 5.75 Å². The number of fused-ring (bicyclic) bond motifs is 1. The van der Waals surface area contributed by atoms with Crippen LogP contribution in [0.15, 0.2) is 41.2 Å². The Labute approximate surface area is 138 Å². The number of amides is 1. The van der Waals surface area contributed by atoms with Crippen LogP contribution in [0.1, 0.15) is 15.9 Å². The van der Waals surface area contributed by atoms with Gasteiger partial charge >= 0.3 is 5.69 Å². The van der Waals surface area contributed by atoms with E-state index in [4.69, 9.17) is 16.2 Å². The Morgan fingerprint density at radius 1 is 1.25 bits per heavy atom. The fraction of sp³-hybridized carbons (Fsp3) is 0.176. The Morgan fingerprint density at radius 3 is 2.50 bits per heavy atom. The monoisotopic (exact) mass is 326 g/mol. The number of aryl methyl sites for hydroxylation is 1. The normalized spacial score (nSPS) is 10.9. The van der Waals surface area contributed by atoms with E-state index in [0.29, 0.717) is 17.6 Å². The van der Waals surface area contributed by atoms with Crippen molar-refractivity contribution in [3.8, 4) is 5.75 Å². The summed E-state index contributed by atoms with van der Waals surface area (Å²) in [5.74, 6) is -0.450. The number of nitrogen functional groups attached to an aromatic ring is 1. The molecule has 0 atom stereocenters. The smallest absolute Gasteiger partial charge is 0.329 e. The number of benzene rings is 2. The minimum atomic E-state index is -0.700. The van der Waals surface area contributed by atoms with Gasteiger partial charge in [0.25, 0.3) is 5.91 Å². The summed E-state index contributed by atoms with van der Waals surface area (Å²) in [7, 11) is 3.07. The van der Waals surface area contributed by atoms with Crippen LogP contribution >= 0.6 is 0 Å². The number of methoxy groups -OCH3 is 1. The highest BCUT2D eigenvalue weighted by atomic mass is 16.5. The van der Waals surface area contributed by atoms with Crippen LogP contribution in [0, 0.1) is 0 Å². The quantitative estimate of drug-likeness (QED) is 0.700. The van der Waals surface area contributed by atoms with Gasteiger partial charge in [-0.25, -0.2) is 4.79 Å². The molecule has 24 heavy (non-hydrogen) atoms. The van der Waals surface area contributed by atoms with E-state index in [9.17, 15) is 9.59 Å². The van der Waals surface area contributed by atoms with Gasteiger partial charge in [0.2, 0.25) is 0 Å². The minimum absolute atomic E-state index is 0.0809. The van der Waals surface area contributed by atoms with Gasteiger partial charge in [-0.3, -0.25) is 13.9 Å². The average molecular weight is 326 g/mol. The molecule has 0 aliphatic heterocycles. The van der Waals surface area contributed by atoms with Crippen LogP contribution in [-0.2, 0) is 13.6 Å². The second kappa shape index (κ2) is 5.77. The largest absolute Gasteiger partial charge is 0.496 e. The molecule has 0 aliphatic carbocycles. The Kier molecular flexibility index (Phi) is 3.76. The topological polar surface area (TPSA) is 105 Å². The Balaban J connectivity index is 2.34. The second-order valence-corrected chi connectivity index (χ2v) is 5.51. The van der Waals surface area contributed by atoms with Gasteiger partial charge in [0.15, 0.2) is 0 Å². The average Bonchev–Trinajstić information content (AvgIpc) is 2.80. The zero-order valence-corrected chi connectivity index (χ0v) is 13.4. The van der Waals surface area contributed by atoms with Gasteiger partial charge in [0.05, 0.1) is 30.4 Å². The van der Waals surface area contributed by atoms with E-state index in [2.05, 4.69) is 0 Å². The number of nitrogens with zero attached hydrogens (tertiary/aromatic N) is 2. The number of carbonyl (C=O) groups excluding carboxylic acids is 1. The minimum Gasteiger partial charge on any atom is -0.496 e. The number of hydrogen-bond acceptors (Lipinski definition) is 4. The van der Waals surface area contributed by atoms with Crippen LogP contribution < -0.4 is 21.9 Å². The lowest BCUT2D eigenvalue weighted by atomic mass is 10.1. The van der Waals surface area contributed by atoms with Gasteiger partial charge in [-0.2, -0.15) is 0 Å². The number of nitrogens with two attached hydrogens (primary N) is 2. The van der Waals surface area contributed by atoms with Crippen molar-refractivity contribution in [2.45, 2.75) is 6.54 Å². The van der Waals surface area contributed by atoms with E-state index in [0.717, 1.165) is 5.56 Å². The van der Waals surface area contributed by atoms with Crippen LogP contribution in [-0.4, -0.2) is 22.2 Å². The summed E-state index contributed by atoms with van der Waals surface area (Å²) in [5.41, 5.74) is 13.6. The predicted molar refractivity (Wildman–Crippen MR) is 92.2 cm³/mol. The van der Waals surface area contributed by atoms with Crippen molar-refractivity contribution in [1.29, 1.82) is 0 Å². The van der Waals surface area contributed by atoms with E-state index in [1.165, 1.54) is 16.2 Å². The van der Waals surface area contributed by atoms with Gasteiger partial charge in [-0.15, -0.1) is 0 Å². The number of ether oxygens (including phenoxy) is 1. The molecular formula is C17H18N4O3. The summed E-state index contributed by atoms with van der Waals surface area (Å²) in [6.07, 6.45) is 0. The Hall–Kier alpha value is -3.22. The van der Waals surface area contributed by atoms with Crippen molar-refractivity contribution in [2.24, 2.45) is 12.8 Å². The van der Waals surface area contributed by atoms with Crippen molar-refractivity contribution >= 4 is 22.6 Å². The Bertz CT molecular complexity index is 987. The van der Waals surface area contributed by atoms with E-state index >= 15 is 0 Å². The lowest BCUT2D eigenvalue weighted by molar-refractivity contribution is 0.0998. The molecule has 7 nitrogen and oxygen atoms in total. The van der Waals surface area contributed by atoms with E-state index in [1.54, 1.807) is 13.1 Å². The van der Waals surface area contributed by atoms with Crippen LogP contribution in [0.3, 0.4) is 0 Å². The van der Waals surface area contributed by atoms with Crippen LogP contribution in [0.4, 0.5) is 5.69 Å². The first kappa shape index (κ1) is 15.7. The van der Waals surface area contributed by atoms with Gasteiger partial charge in [0.1, 0.15) is 11.3 Å². The maximum absolute atomic E-state index is 12.6. The molecule has 7 heteroatoms. The molecule has 1 heterocycles. The standard InChI is InChI=1S/C17H18N4O3/c1-20-11-8-12(24-2)13(16(19)22)14(18)15(11)21(17(20)23)9-10-6-4-3-5-7-10/h3-8H,9,18H2,1-2H3,(H2,19,22). The number of carbonyl (C=O) groups is 1. The summed E-state index contributed by atoms with van der Waals surface area (Å²) < 4.78 is 8.22. The third-order valence-corrected chi connectivity index (χ3v) is 4.08. The van der Waals surface area contributed by atoms with Gasteiger partial charge < -0.3 is 16.2 Å². The summed E-state index contributed by atoms with van der Waals surface area (Å²) in [5, 5.41) is 0. The molecular weight excluding hydrogens is 308 g/mol. The molecule has 3 aromatic rings. The van der Waals surface area contributed by atoms with E-state index in [1.807, 2.05) is 30.3 Å². The lowest BCUT2D eigenvalue weighted by Gasteiger charge is -2.12. The molecule has 3 rings (SSSR count). The molecule has 124 valence electrons. The van der Waals surface area contributed by atoms with Crippen molar-refractivity contribution in [3.05, 3.63) is 58.0 Å². The van der Waals surface area contributed by atoms with E-state index < -0.39 is 5.91 Å². The fourth-order valence-electron chi connectivity index (χ4n) is 2.90. The predicted octanol–water partition coefficient (Wildman–Crippen LogP) is 1.08. The number of primary amides is 1. The lowest BCUT2D eigenvalue weighted by Crippen LogP contribution is -2.23. The van der Waals surface area contributed by atoms with Gasteiger partial charge in [-0.1, -0.05) is 30.3 Å². The summed E-state index contributed by atoms with van der Waals surface area (Å²) in [6.45, 7) is 0.339. The highest BCUT2D eigenvalue weighted by Crippen LogP contribution is 2.32. The van der Waals surface area contributed by atoms with Crippen molar-refractivity contribution in [2.75, 3.05) is 12.8 Å². The number of anilines is 1. The Morgan fingerprint density at radius 2 is 1.92 bits per heavy atom. The first-order valence-corrected chi connectivity index (χ1v) is 7.35. The maximum Gasteiger partial charge on any atom is 0.329 e. The molecule has 0 bridgehead atoms. The van der Waals surface area contributed by atoms with Gasteiger partial charge in [0, 0.05) is 13.1 Å². The molecule has 0 aliphatic rings. The third-order valence-electron chi connectivity index (χ3n) is 4.08. The molecule has 0 saturated carbocycles. The molecule has 1 aromatic heterocycles. The van der Waals surface area contributed by atoms with Gasteiger partial charge in [-0.05, 0) is 5.56 Å². The molecule has 4 N–H and O–H groups in total. The van der Waals surface area contributed by atoms with E-state index in [-0.39, 0.29) is 22.7 Å².